The van der Waals surface area contributed by atoms with Gasteiger partial charge in [0.15, 0.2) is 6.10 Å². The van der Waals surface area contributed by atoms with Crippen LogP contribution in [0.3, 0.4) is 0 Å². The van der Waals surface area contributed by atoms with E-state index in [4.69, 9.17) is 14.2 Å². The first-order valence-corrected chi connectivity index (χ1v) is 33.2. The second-order valence-corrected chi connectivity index (χ2v) is 21.6. The molecule has 0 aromatic heterocycles. The SMILES string of the molecule is CC/C=C\C/C=C\C/C=C\C/C=C\C/C=C\C/C=C\CCCCCCCCCCCCC(=O)OCC(COC(=O)C/C=C\C/C=C\C/C=C\C/C=C\C/C=C\CC)OC(=O)CCCCCCCCCCCCCCCCCCCC. The van der Waals surface area contributed by atoms with Gasteiger partial charge >= 0.3 is 17.9 Å². The lowest BCUT2D eigenvalue weighted by molar-refractivity contribution is -0.166. The molecule has 0 N–H and O–H groups in total. The molecule has 0 aromatic rings. The molecule has 0 aliphatic rings. The summed E-state index contributed by atoms with van der Waals surface area (Å²) in [6.07, 6.45) is 94.9. The molecule has 0 aromatic carbocycles. The quantitative estimate of drug-likeness (QED) is 0.0261. The number of carbonyl (C=O) groups is 3. The van der Waals surface area contributed by atoms with Crippen LogP contribution in [0, 0.1) is 0 Å². The Morgan fingerprint density at radius 1 is 0.275 bits per heavy atom. The van der Waals surface area contributed by atoms with Gasteiger partial charge in [0.2, 0.25) is 0 Å². The van der Waals surface area contributed by atoms with E-state index in [1.807, 2.05) is 6.08 Å². The van der Waals surface area contributed by atoms with Crippen LogP contribution in [0.2, 0.25) is 0 Å². The summed E-state index contributed by atoms with van der Waals surface area (Å²) >= 11 is 0. The van der Waals surface area contributed by atoms with Gasteiger partial charge < -0.3 is 14.2 Å². The first kappa shape index (κ1) is 75.5. The minimum absolute atomic E-state index is 0.111. The van der Waals surface area contributed by atoms with E-state index >= 15 is 0 Å². The molecule has 6 nitrogen and oxygen atoms in total. The predicted octanol–water partition coefficient (Wildman–Crippen LogP) is 22.9. The van der Waals surface area contributed by atoms with Crippen molar-refractivity contribution in [3.8, 4) is 0 Å². The highest BCUT2D eigenvalue weighted by molar-refractivity contribution is 5.72. The van der Waals surface area contributed by atoms with Gasteiger partial charge in [-0.3, -0.25) is 14.4 Å². The van der Waals surface area contributed by atoms with Crippen molar-refractivity contribution < 1.29 is 28.6 Å². The summed E-state index contributed by atoms with van der Waals surface area (Å²) in [4.78, 5) is 38.3. The molecule has 6 heteroatoms. The van der Waals surface area contributed by atoms with E-state index in [-0.39, 0.29) is 31.6 Å². The standard InChI is InChI=1S/C74H122O6/c1-4-7-10-13-16-19-22-25-28-30-32-33-34-35-36-37-38-39-40-41-42-44-46-49-52-55-58-61-64-67-73(76)79-70-71(69-78-72(75)66-63-60-57-54-51-48-45-27-24-21-18-15-12-9-6-3)80-74(77)68-65-62-59-56-53-50-47-43-31-29-26-23-20-17-14-11-8-5-2/h7,9-10,12,16,18-19,21,25,27-28,32-33,35-36,38-39,45,51,54,60,63,71H,4-6,8,11,13-15,17,20,22-24,26,29-31,34,37,40-44,46-50,52-53,55-59,61-62,64-70H2,1-3H3/b10-7-,12-9-,19-16-,21-18-,28-25-,33-32-,36-35-,39-38-,45-27-,54-51-,63-60-. The van der Waals surface area contributed by atoms with E-state index in [9.17, 15) is 14.4 Å². The van der Waals surface area contributed by atoms with Gasteiger partial charge in [0.1, 0.15) is 13.2 Å². The van der Waals surface area contributed by atoms with E-state index in [1.54, 1.807) is 6.08 Å². The fraction of sp³-hybridized carbons (Fsp3) is 0.662. The van der Waals surface area contributed by atoms with Gasteiger partial charge in [-0.05, 0) is 96.3 Å². The lowest BCUT2D eigenvalue weighted by Crippen LogP contribution is -2.30. The Morgan fingerprint density at radius 3 is 0.875 bits per heavy atom. The number of hydrogen-bond donors (Lipinski definition) is 0. The topological polar surface area (TPSA) is 78.9 Å². The lowest BCUT2D eigenvalue weighted by Gasteiger charge is -2.18. The molecule has 0 aliphatic heterocycles. The van der Waals surface area contributed by atoms with Crippen molar-refractivity contribution in [1.82, 2.24) is 0 Å². The number of ether oxygens (including phenoxy) is 3. The molecule has 0 saturated heterocycles. The zero-order valence-corrected chi connectivity index (χ0v) is 52.0. The molecular formula is C74H122O6. The average molecular weight is 1110 g/mol. The molecule has 0 heterocycles. The summed E-state index contributed by atoms with van der Waals surface area (Å²) in [6, 6.07) is 0. The van der Waals surface area contributed by atoms with Crippen molar-refractivity contribution in [1.29, 1.82) is 0 Å². The van der Waals surface area contributed by atoms with E-state index in [0.717, 1.165) is 109 Å². The summed E-state index contributed by atoms with van der Waals surface area (Å²) in [5.74, 6) is -1.04. The summed E-state index contributed by atoms with van der Waals surface area (Å²) in [6.45, 7) is 6.34. The number of hydrogen-bond acceptors (Lipinski definition) is 6. The molecule has 0 radical (unpaired) electrons. The Hall–Kier alpha value is -4.45. The first-order chi connectivity index (χ1) is 39.5. The van der Waals surface area contributed by atoms with Gasteiger partial charge in [-0.25, -0.2) is 0 Å². The van der Waals surface area contributed by atoms with Gasteiger partial charge in [0.05, 0.1) is 6.42 Å². The van der Waals surface area contributed by atoms with Crippen LogP contribution in [0.1, 0.15) is 297 Å². The van der Waals surface area contributed by atoms with Crippen LogP contribution in [0.15, 0.2) is 134 Å². The highest BCUT2D eigenvalue weighted by Crippen LogP contribution is 2.17. The summed E-state index contributed by atoms with van der Waals surface area (Å²) < 4.78 is 16.8. The van der Waals surface area contributed by atoms with Crippen molar-refractivity contribution >= 4 is 17.9 Å². The molecule has 1 unspecified atom stereocenters. The van der Waals surface area contributed by atoms with Crippen LogP contribution in [-0.2, 0) is 28.6 Å². The zero-order chi connectivity index (χ0) is 57.8. The fourth-order valence-electron chi connectivity index (χ4n) is 9.05. The maximum Gasteiger partial charge on any atom is 0.309 e. The number of unbranched alkanes of at least 4 members (excludes halogenated alkanes) is 27. The van der Waals surface area contributed by atoms with Crippen molar-refractivity contribution in [2.24, 2.45) is 0 Å². The van der Waals surface area contributed by atoms with Gasteiger partial charge in [-0.2, -0.15) is 0 Å². The normalized spacial score (nSPS) is 13.0. The van der Waals surface area contributed by atoms with Crippen LogP contribution >= 0.6 is 0 Å². The minimum Gasteiger partial charge on any atom is -0.462 e. The molecule has 0 amide bonds. The van der Waals surface area contributed by atoms with Crippen LogP contribution in [0.25, 0.3) is 0 Å². The Morgan fingerprint density at radius 2 is 0.537 bits per heavy atom. The molecule has 0 aliphatic carbocycles. The van der Waals surface area contributed by atoms with Gasteiger partial charge in [-0.1, -0.05) is 315 Å². The van der Waals surface area contributed by atoms with E-state index in [2.05, 4.69) is 142 Å². The van der Waals surface area contributed by atoms with Crippen molar-refractivity contribution in [2.45, 2.75) is 303 Å². The van der Waals surface area contributed by atoms with E-state index < -0.39 is 12.1 Å². The molecule has 80 heavy (non-hydrogen) atoms. The predicted molar refractivity (Wildman–Crippen MR) is 348 cm³/mol. The maximum absolute atomic E-state index is 12.9. The van der Waals surface area contributed by atoms with Gasteiger partial charge in [-0.15, -0.1) is 0 Å². The molecule has 0 fully saturated rings. The van der Waals surface area contributed by atoms with E-state index in [1.165, 1.54) is 148 Å². The third-order valence-electron chi connectivity index (χ3n) is 13.9. The Labute approximate surface area is 494 Å². The summed E-state index contributed by atoms with van der Waals surface area (Å²) in [7, 11) is 0. The average Bonchev–Trinajstić information content (AvgIpc) is 3.46. The smallest absolute Gasteiger partial charge is 0.309 e. The highest BCUT2D eigenvalue weighted by Gasteiger charge is 2.19. The van der Waals surface area contributed by atoms with Gasteiger partial charge in [0, 0.05) is 12.8 Å². The third kappa shape index (κ3) is 64.4. The summed E-state index contributed by atoms with van der Waals surface area (Å²) in [5, 5.41) is 0. The second kappa shape index (κ2) is 67.1. The largest absolute Gasteiger partial charge is 0.462 e. The minimum atomic E-state index is -0.823. The second-order valence-electron chi connectivity index (χ2n) is 21.6. The molecule has 0 saturated carbocycles. The Kier molecular flexibility index (Phi) is 63.3. The van der Waals surface area contributed by atoms with Gasteiger partial charge in [0.25, 0.3) is 0 Å². The molecule has 1 atom stereocenters. The maximum atomic E-state index is 12.9. The van der Waals surface area contributed by atoms with Crippen LogP contribution in [0.5, 0.6) is 0 Å². The Bertz CT molecular complexity index is 1700. The lowest BCUT2D eigenvalue weighted by atomic mass is 10.0. The van der Waals surface area contributed by atoms with Crippen LogP contribution < -0.4 is 0 Å². The van der Waals surface area contributed by atoms with Crippen LogP contribution in [0.4, 0.5) is 0 Å². The molecule has 0 bridgehead atoms. The molecule has 0 rings (SSSR count). The zero-order valence-electron chi connectivity index (χ0n) is 52.0. The Balaban J connectivity index is 4.38. The summed E-state index contributed by atoms with van der Waals surface area (Å²) in [5.41, 5.74) is 0. The number of esters is 3. The monoisotopic (exact) mass is 1110 g/mol. The fourth-order valence-corrected chi connectivity index (χ4v) is 9.05. The van der Waals surface area contributed by atoms with E-state index in [0.29, 0.717) is 12.8 Å². The number of rotatable bonds is 59. The molecule has 454 valence electrons. The highest BCUT2D eigenvalue weighted by atomic mass is 16.6. The van der Waals surface area contributed by atoms with Crippen molar-refractivity contribution in [2.75, 3.05) is 13.2 Å². The van der Waals surface area contributed by atoms with Crippen LogP contribution in [-0.4, -0.2) is 37.2 Å². The molecular weight excluding hydrogens is 985 g/mol. The molecule has 0 spiro atoms. The number of allylic oxidation sites excluding steroid dienone is 21. The first-order valence-electron chi connectivity index (χ1n) is 33.2. The number of carbonyl (C=O) groups excluding carboxylic acids is 3. The third-order valence-corrected chi connectivity index (χ3v) is 13.9. The van der Waals surface area contributed by atoms with Crippen molar-refractivity contribution in [3.63, 3.8) is 0 Å². The van der Waals surface area contributed by atoms with Crippen molar-refractivity contribution in [3.05, 3.63) is 134 Å².